The molecule has 0 aromatic heterocycles. The van der Waals surface area contributed by atoms with E-state index in [0.717, 1.165) is 12.3 Å². The zero-order chi connectivity index (χ0) is 19.0. The van der Waals surface area contributed by atoms with E-state index < -0.39 is 23.7 Å². The lowest BCUT2D eigenvalue weighted by Crippen LogP contribution is -2.53. The summed E-state index contributed by atoms with van der Waals surface area (Å²) in [7, 11) is 0. The van der Waals surface area contributed by atoms with Crippen molar-refractivity contribution < 1.29 is 19.2 Å². The summed E-state index contributed by atoms with van der Waals surface area (Å²) < 4.78 is 0. The number of allylic oxidation sites excluding steroid dienone is 2. The Kier molecular flexibility index (Phi) is 3.76. The van der Waals surface area contributed by atoms with Gasteiger partial charge in [0, 0.05) is 18.4 Å². The van der Waals surface area contributed by atoms with Crippen LogP contribution in [-0.2, 0) is 19.2 Å². The van der Waals surface area contributed by atoms with Crippen molar-refractivity contribution in [3.8, 4) is 0 Å². The van der Waals surface area contributed by atoms with Crippen LogP contribution in [0, 0.1) is 53.3 Å². The van der Waals surface area contributed by atoms with Crippen molar-refractivity contribution in [1.82, 2.24) is 4.90 Å². The molecular formula is C22H27NO4. The predicted octanol–water partition coefficient (Wildman–Crippen LogP) is 2.25. The molecule has 0 aromatic carbocycles. The lowest BCUT2D eigenvalue weighted by Gasteiger charge is -2.47. The third kappa shape index (κ3) is 2.29. The molecular weight excluding hydrogens is 342 g/mol. The molecule has 6 aliphatic rings. The van der Waals surface area contributed by atoms with Crippen molar-refractivity contribution in [1.29, 1.82) is 0 Å². The van der Waals surface area contributed by atoms with Gasteiger partial charge in [0.1, 0.15) is 11.6 Å². The van der Waals surface area contributed by atoms with Crippen molar-refractivity contribution in [3.05, 3.63) is 12.2 Å². The summed E-state index contributed by atoms with van der Waals surface area (Å²) in [6.07, 6.45) is 8.77. The fourth-order valence-electron chi connectivity index (χ4n) is 7.31. The summed E-state index contributed by atoms with van der Waals surface area (Å²) in [4.78, 5) is 52.7. The van der Waals surface area contributed by atoms with Crippen LogP contribution >= 0.6 is 0 Å². The number of carbonyl (C=O) groups is 4. The lowest BCUT2D eigenvalue weighted by atomic mass is 9.52. The van der Waals surface area contributed by atoms with Crippen LogP contribution in [0.1, 0.15) is 39.5 Å². The molecule has 0 radical (unpaired) electrons. The van der Waals surface area contributed by atoms with E-state index in [1.807, 2.05) is 12.2 Å². The minimum atomic E-state index is -0.460. The Hall–Kier alpha value is -1.78. The van der Waals surface area contributed by atoms with Gasteiger partial charge in [-0.3, -0.25) is 24.1 Å². The van der Waals surface area contributed by atoms with Gasteiger partial charge in [-0.1, -0.05) is 18.6 Å². The first-order valence-corrected chi connectivity index (χ1v) is 10.4. The minimum Gasteiger partial charge on any atom is -0.300 e. The van der Waals surface area contributed by atoms with Crippen LogP contribution in [0.4, 0.5) is 0 Å². The molecule has 1 heterocycles. The Morgan fingerprint density at radius 3 is 1.89 bits per heavy atom. The van der Waals surface area contributed by atoms with Gasteiger partial charge in [0.05, 0.1) is 11.8 Å². The smallest absolute Gasteiger partial charge is 0.233 e. The zero-order valence-electron chi connectivity index (χ0n) is 16.0. The third-order valence-electron chi connectivity index (χ3n) is 8.33. The molecule has 1 aliphatic heterocycles. The first kappa shape index (κ1) is 17.3. The largest absolute Gasteiger partial charge is 0.300 e. The maximum atomic E-state index is 13.3. The number of rotatable bonds is 4. The fourth-order valence-corrected chi connectivity index (χ4v) is 7.31. The van der Waals surface area contributed by atoms with Crippen LogP contribution in [0.5, 0.6) is 0 Å². The van der Waals surface area contributed by atoms with Gasteiger partial charge in [0.2, 0.25) is 11.8 Å². The highest BCUT2D eigenvalue weighted by molar-refractivity contribution is 6.07. The normalized spacial score (nSPS) is 47.0. The predicted molar refractivity (Wildman–Crippen MR) is 97.1 cm³/mol. The summed E-state index contributed by atoms with van der Waals surface area (Å²) in [5.41, 5.74) is 0. The fraction of sp³-hybridized carbons (Fsp3) is 0.727. The summed E-state index contributed by atoms with van der Waals surface area (Å²) >= 11 is 0. The minimum absolute atomic E-state index is 0.0419. The highest BCUT2D eigenvalue weighted by Crippen LogP contribution is 2.56. The van der Waals surface area contributed by atoms with Gasteiger partial charge in [0.15, 0.2) is 0 Å². The van der Waals surface area contributed by atoms with Gasteiger partial charge in [-0.15, -0.1) is 0 Å². The molecule has 6 rings (SSSR count). The molecule has 27 heavy (non-hydrogen) atoms. The number of amides is 2. The molecule has 0 spiro atoms. The number of nitrogens with zero attached hydrogens (tertiary/aromatic N) is 1. The number of likely N-dealkylation sites (tertiary alicyclic amines) is 1. The molecule has 2 amide bonds. The van der Waals surface area contributed by atoms with Crippen LogP contribution in [0.2, 0.25) is 0 Å². The molecule has 4 fully saturated rings. The number of fused-ring (bicyclic) bond motifs is 3. The molecule has 9 atom stereocenters. The molecule has 3 saturated carbocycles. The molecule has 0 aromatic rings. The maximum absolute atomic E-state index is 13.3. The summed E-state index contributed by atoms with van der Waals surface area (Å²) in [5, 5.41) is 0. The van der Waals surface area contributed by atoms with E-state index in [0.29, 0.717) is 18.4 Å². The number of hydrogen-bond acceptors (Lipinski definition) is 4. The van der Waals surface area contributed by atoms with E-state index in [1.165, 1.54) is 38.0 Å². The summed E-state index contributed by atoms with van der Waals surface area (Å²) in [6.45, 7) is 3.57. The van der Waals surface area contributed by atoms with Crippen molar-refractivity contribution in [2.75, 3.05) is 6.54 Å². The first-order valence-electron chi connectivity index (χ1n) is 10.4. The van der Waals surface area contributed by atoms with Crippen molar-refractivity contribution in [2.45, 2.75) is 39.5 Å². The van der Waals surface area contributed by atoms with Crippen molar-refractivity contribution >= 4 is 23.4 Å². The van der Waals surface area contributed by atoms with E-state index >= 15 is 0 Å². The topological polar surface area (TPSA) is 71.5 Å². The Bertz CT molecular complexity index is 722. The molecule has 4 bridgehead atoms. The third-order valence-corrected chi connectivity index (χ3v) is 8.33. The van der Waals surface area contributed by atoms with Gasteiger partial charge in [-0.25, -0.2) is 0 Å². The van der Waals surface area contributed by atoms with Crippen LogP contribution < -0.4 is 0 Å². The molecule has 5 aliphatic carbocycles. The Morgan fingerprint density at radius 1 is 0.926 bits per heavy atom. The lowest BCUT2D eigenvalue weighted by molar-refractivity contribution is -0.145. The molecule has 1 saturated heterocycles. The van der Waals surface area contributed by atoms with Gasteiger partial charge in [-0.2, -0.15) is 0 Å². The van der Waals surface area contributed by atoms with Gasteiger partial charge >= 0.3 is 0 Å². The highest BCUT2D eigenvalue weighted by atomic mass is 16.2. The van der Waals surface area contributed by atoms with Crippen molar-refractivity contribution in [2.24, 2.45) is 53.3 Å². The summed E-state index contributed by atoms with van der Waals surface area (Å²) in [6, 6.07) is 0. The van der Waals surface area contributed by atoms with Crippen LogP contribution in [0.15, 0.2) is 12.2 Å². The Labute approximate surface area is 159 Å². The van der Waals surface area contributed by atoms with Crippen LogP contribution in [0.25, 0.3) is 0 Å². The quantitative estimate of drug-likeness (QED) is 0.563. The maximum Gasteiger partial charge on any atom is 0.233 e. The number of hydrogen-bond donors (Lipinski definition) is 0. The van der Waals surface area contributed by atoms with E-state index in [9.17, 15) is 19.2 Å². The molecule has 0 N–H and O–H groups in total. The van der Waals surface area contributed by atoms with Crippen LogP contribution in [0.3, 0.4) is 0 Å². The van der Waals surface area contributed by atoms with E-state index in [-0.39, 0.29) is 35.2 Å². The average Bonchev–Trinajstić information content (AvgIpc) is 3.32. The van der Waals surface area contributed by atoms with E-state index in [4.69, 9.17) is 0 Å². The second-order valence-electron chi connectivity index (χ2n) is 9.59. The highest BCUT2D eigenvalue weighted by Gasteiger charge is 2.64. The van der Waals surface area contributed by atoms with E-state index in [2.05, 4.69) is 0 Å². The first-order chi connectivity index (χ1) is 12.9. The summed E-state index contributed by atoms with van der Waals surface area (Å²) in [5.74, 6) is -0.849. The second kappa shape index (κ2) is 5.86. The van der Waals surface area contributed by atoms with E-state index in [1.54, 1.807) is 0 Å². The SMILES string of the molecule is CC(=O)C1C2C=CC(C1C(C)=O)C1C(=O)N(CC3CC4CCC3C4)C(=O)C21. The number of imide groups is 1. The van der Waals surface area contributed by atoms with Crippen LogP contribution in [-0.4, -0.2) is 34.8 Å². The van der Waals surface area contributed by atoms with Gasteiger partial charge in [-0.05, 0) is 62.7 Å². The molecule has 144 valence electrons. The molecule has 5 nitrogen and oxygen atoms in total. The Morgan fingerprint density at radius 2 is 1.48 bits per heavy atom. The van der Waals surface area contributed by atoms with Gasteiger partial charge < -0.3 is 0 Å². The van der Waals surface area contributed by atoms with Gasteiger partial charge in [0.25, 0.3) is 0 Å². The average molecular weight is 369 g/mol. The second-order valence-corrected chi connectivity index (χ2v) is 9.59. The monoisotopic (exact) mass is 369 g/mol. The number of Topliss-reactive ketones (excluding diaryl/α,β-unsaturated/α-hetero) is 2. The van der Waals surface area contributed by atoms with Crippen molar-refractivity contribution in [3.63, 3.8) is 0 Å². The zero-order valence-corrected chi connectivity index (χ0v) is 16.0. The standard InChI is InChI=1S/C22H27NO4/c1-10(24)17-15-5-6-16(18(17)11(2)25)20-19(15)21(26)23(22(20)27)9-14-8-12-3-4-13(14)7-12/h5-6,12-20H,3-4,7-9H2,1-2H3. The Balaban J connectivity index is 1.45. The molecule has 9 unspecified atom stereocenters. The number of carbonyl (C=O) groups excluding carboxylic acids is 4. The number of ketones is 2. The molecule has 5 heteroatoms.